The molecule has 0 amide bonds. The van der Waals surface area contributed by atoms with Crippen LogP contribution in [0.15, 0.2) is 18.2 Å². The number of fused-ring (bicyclic) bond motifs is 1. The standard InChI is InChI=1S/C7H7BN2O2S/c9-7-10-5-3-4(8(11)12)1-2-6(5)13-7/h1-3,11-12H,(H2,9,10). The summed E-state index contributed by atoms with van der Waals surface area (Å²) in [5.41, 5.74) is 6.63. The van der Waals surface area contributed by atoms with Gasteiger partial charge in [-0.2, -0.15) is 0 Å². The minimum absolute atomic E-state index is 0.429. The molecule has 6 heteroatoms. The number of benzene rings is 1. The summed E-state index contributed by atoms with van der Waals surface area (Å²) in [7, 11) is -1.45. The molecule has 0 aliphatic heterocycles. The van der Waals surface area contributed by atoms with Crippen LogP contribution in [0.1, 0.15) is 0 Å². The average molecular weight is 194 g/mol. The van der Waals surface area contributed by atoms with Gasteiger partial charge in [-0.15, -0.1) is 0 Å². The highest BCUT2D eigenvalue weighted by atomic mass is 32.1. The highest BCUT2D eigenvalue weighted by Crippen LogP contribution is 2.21. The van der Waals surface area contributed by atoms with Gasteiger partial charge in [-0.05, 0) is 17.6 Å². The van der Waals surface area contributed by atoms with Gasteiger partial charge in [0.15, 0.2) is 5.13 Å². The van der Waals surface area contributed by atoms with E-state index in [2.05, 4.69) is 4.98 Å². The van der Waals surface area contributed by atoms with Crippen molar-refractivity contribution in [1.29, 1.82) is 0 Å². The van der Waals surface area contributed by atoms with Crippen LogP contribution in [0.5, 0.6) is 0 Å². The summed E-state index contributed by atoms with van der Waals surface area (Å²) >= 11 is 1.38. The van der Waals surface area contributed by atoms with Gasteiger partial charge in [0.25, 0.3) is 0 Å². The van der Waals surface area contributed by atoms with E-state index < -0.39 is 7.12 Å². The smallest absolute Gasteiger partial charge is 0.423 e. The molecule has 1 aromatic carbocycles. The first-order chi connectivity index (χ1) is 6.16. The molecule has 0 aliphatic carbocycles. The Morgan fingerprint density at radius 1 is 1.38 bits per heavy atom. The van der Waals surface area contributed by atoms with Gasteiger partial charge in [0.2, 0.25) is 0 Å². The highest BCUT2D eigenvalue weighted by molar-refractivity contribution is 7.22. The van der Waals surface area contributed by atoms with Crippen LogP contribution in [0.25, 0.3) is 10.2 Å². The third kappa shape index (κ3) is 1.51. The summed E-state index contributed by atoms with van der Waals surface area (Å²) in [6.07, 6.45) is 0. The fourth-order valence-electron chi connectivity index (χ4n) is 1.12. The van der Waals surface area contributed by atoms with Crippen molar-refractivity contribution in [2.24, 2.45) is 0 Å². The minimum Gasteiger partial charge on any atom is -0.423 e. The molecule has 0 spiro atoms. The van der Waals surface area contributed by atoms with Gasteiger partial charge in [0.05, 0.1) is 10.2 Å². The molecule has 0 saturated heterocycles. The fraction of sp³-hybridized carbons (Fsp3) is 0. The van der Waals surface area contributed by atoms with Crippen LogP contribution in [0, 0.1) is 0 Å². The second kappa shape index (κ2) is 2.99. The molecule has 66 valence electrons. The summed E-state index contributed by atoms with van der Waals surface area (Å²) in [6.45, 7) is 0. The van der Waals surface area contributed by atoms with Gasteiger partial charge in [-0.3, -0.25) is 0 Å². The maximum atomic E-state index is 8.89. The van der Waals surface area contributed by atoms with E-state index >= 15 is 0 Å². The molecular formula is C7H7BN2O2S. The lowest BCUT2D eigenvalue weighted by Crippen LogP contribution is -2.29. The van der Waals surface area contributed by atoms with E-state index in [-0.39, 0.29) is 0 Å². The molecule has 1 heterocycles. The Labute approximate surface area is 78.8 Å². The van der Waals surface area contributed by atoms with Crippen molar-refractivity contribution in [3.8, 4) is 0 Å². The van der Waals surface area contributed by atoms with Crippen molar-refractivity contribution in [2.75, 3.05) is 5.73 Å². The first kappa shape index (κ1) is 8.49. The number of hydrogen-bond acceptors (Lipinski definition) is 5. The zero-order chi connectivity index (χ0) is 9.42. The summed E-state index contributed by atoms with van der Waals surface area (Å²) in [6, 6.07) is 5.04. The molecule has 2 aromatic rings. The van der Waals surface area contributed by atoms with E-state index in [0.717, 1.165) is 4.70 Å². The molecular weight excluding hydrogens is 187 g/mol. The summed E-state index contributed by atoms with van der Waals surface area (Å²) < 4.78 is 0.946. The van der Waals surface area contributed by atoms with E-state index in [1.54, 1.807) is 18.2 Å². The van der Waals surface area contributed by atoms with Crippen LogP contribution in [-0.4, -0.2) is 22.2 Å². The van der Waals surface area contributed by atoms with Crippen molar-refractivity contribution in [3.63, 3.8) is 0 Å². The fourth-order valence-corrected chi connectivity index (χ4v) is 1.84. The second-order valence-electron chi connectivity index (χ2n) is 2.65. The average Bonchev–Trinajstić information content (AvgIpc) is 2.42. The number of anilines is 1. The van der Waals surface area contributed by atoms with E-state index in [0.29, 0.717) is 16.1 Å². The largest absolute Gasteiger partial charge is 0.488 e. The summed E-state index contributed by atoms with van der Waals surface area (Å²) in [4.78, 5) is 4.03. The number of rotatable bonds is 1. The van der Waals surface area contributed by atoms with Gasteiger partial charge in [-0.1, -0.05) is 17.4 Å². The summed E-state index contributed by atoms with van der Waals surface area (Å²) in [5.74, 6) is 0. The molecule has 0 fully saturated rings. The Kier molecular flexibility index (Phi) is 1.95. The van der Waals surface area contributed by atoms with Crippen molar-refractivity contribution in [2.45, 2.75) is 0 Å². The predicted octanol–water partition coefficient (Wildman–Crippen LogP) is -0.442. The van der Waals surface area contributed by atoms with Crippen molar-refractivity contribution >= 4 is 39.3 Å². The molecule has 1 aromatic heterocycles. The molecule has 0 aliphatic rings. The number of nitrogens with zero attached hydrogens (tertiary/aromatic N) is 1. The van der Waals surface area contributed by atoms with E-state index in [1.165, 1.54) is 11.3 Å². The maximum absolute atomic E-state index is 8.89. The van der Waals surface area contributed by atoms with Gasteiger partial charge < -0.3 is 15.8 Å². The lowest BCUT2D eigenvalue weighted by atomic mass is 9.80. The molecule has 4 N–H and O–H groups in total. The lowest BCUT2D eigenvalue weighted by Gasteiger charge is -1.96. The van der Waals surface area contributed by atoms with Crippen molar-refractivity contribution in [1.82, 2.24) is 4.98 Å². The Bertz CT molecular complexity index is 443. The molecule has 2 rings (SSSR count). The minimum atomic E-state index is -1.45. The number of nitrogen functional groups attached to an aromatic ring is 1. The Balaban J connectivity index is 2.61. The van der Waals surface area contributed by atoms with Crippen LogP contribution in [-0.2, 0) is 0 Å². The van der Waals surface area contributed by atoms with Gasteiger partial charge in [0.1, 0.15) is 0 Å². The topological polar surface area (TPSA) is 79.4 Å². The zero-order valence-corrected chi connectivity index (χ0v) is 7.45. The molecule has 0 atom stereocenters. The van der Waals surface area contributed by atoms with E-state index in [1.807, 2.05) is 0 Å². The molecule has 13 heavy (non-hydrogen) atoms. The van der Waals surface area contributed by atoms with Gasteiger partial charge >= 0.3 is 7.12 Å². The first-order valence-corrected chi connectivity index (χ1v) is 4.50. The van der Waals surface area contributed by atoms with Crippen LogP contribution in [0.3, 0.4) is 0 Å². The SMILES string of the molecule is Nc1nc2cc(B(O)O)ccc2s1. The van der Waals surface area contributed by atoms with E-state index in [4.69, 9.17) is 15.8 Å². The van der Waals surface area contributed by atoms with Crippen LogP contribution >= 0.6 is 11.3 Å². The Morgan fingerprint density at radius 3 is 2.85 bits per heavy atom. The number of thiazole rings is 1. The molecule has 0 saturated carbocycles. The third-order valence-electron chi connectivity index (χ3n) is 1.73. The monoisotopic (exact) mass is 194 g/mol. The third-order valence-corrected chi connectivity index (χ3v) is 2.59. The van der Waals surface area contributed by atoms with Gasteiger partial charge in [-0.25, -0.2) is 4.98 Å². The quantitative estimate of drug-likeness (QED) is 0.537. The van der Waals surface area contributed by atoms with Crippen LogP contribution in [0.4, 0.5) is 5.13 Å². The molecule has 0 unspecified atom stereocenters. The maximum Gasteiger partial charge on any atom is 0.488 e. The number of aromatic nitrogens is 1. The Hall–Kier alpha value is -1.11. The normalized spacial score (nSPS) is 10.6. The van der Waals surface area contributed by atoms with Crippen LogP contribution < -0.4 is 11.2 Å². The first-order valence-electron chi connectivity index (χ1n) is 3.69. The predicted molar refractivity (Wildman–Crippen MR) is 53.9 cm³/mol. The molecule has 0 radical (unpaired) electrons. The van der Waals surface area contributed by atoms with Crippen molar-refractivity contribution < 1.29 is 10.0 Å². The summed E-state index contributed by atoms with van der Waals surface area (Å²) in [5, 5.41) is 18.3. The Morgan fingerprint density at radius 2 is 2.15 bits per heavy atom. The molecule has 0 bridgehead atoms. The second-order valence-corrected chi connectivity index (χ2v) is 3.72. The van der Waals surface area contributed by atoms with Crippen LogP contribution in [0.2, 0.25) is 0 Å². The number of hydrogen-bond donors (Lipinski definition) is 3. The van der Waals surface area contributed by atoms with Crippen molar-refractivity contribution in [3.05, 3.63) is 18.2 Å². The highest BCUT2D eigenvalue weighted by Gasteiger charge is 2.12. The number of nitrogens with two attached hydrogens (primary N) is 1. The van der Waals surface area contributed by atoms with E-state index in [9.17, 15) is 0 Å². The lowest BCUT2D eigenvalue weighted by molar-refractivity contribution is 0.426. The molecule has 4 nitrogen and oxygen atoms in total. The zero-order valence-electron chi connectivity index (χ0n) is 6.64. The van der Waals surface area contributed by atoms with Gasteiger partial charge in [0, 0.05) is 0 Å².